The number of carbonyl (C=O) groups is 3. The highest BCUT2D eigenvalue weighted by Crippen LogP contribution is 2.20. The maximum Gasteiger partial charge on any atom is 0.326 e. The number of nitrogens with two attached hydrogens (primary N) is 1. The number of aromatic amines is 1. The van der Waals surface area contributed by atoms with Gasteiger partial charge in [0.2, 0.25) is 11.8 Å². The Bertz CT molecular complexity index is 863. The van der Waals surface area contributed by atoms with Crippen LogP contribution in [0.25, 0.3) is 10.9 Å². The predicted octanol–water partition coefficient (Wildman–Crippen LogP) is 1.01. The third-order valence-electron chi connectivity index (χ3n) is 5.18. The molecular formula is C20H26N4O4. The average molecular weight is 386 g/mol. The molecule has 2 aromatic rings. The molecule has 1 aromatic heterocycles. The first-order chi connectivity index (χ1) is 13.5. The number of aromatic nitrogens is 1. The number of fused-ring (bicyclic) bond motifs is 1. The molecule has 1 aliphatic heterocycles. The Balaban J connectivity index is 1.70. The van der Waals surface area contributed by atoms with Crippen LogP contribution in [0.5, 0.6) is 0 Å². The van der Waals surface area contributed by atoms with Crippen molar-refractivity contribution in [3.63, 3.8) is 0 Å². The molecule has 0 radical (unpaired) electrons. The SMILES string of the molecule is NCCC[C@H](NC(=O)Cc1c[nH]c2ccccc12)C(=O)N1CCC[C@H]1C(=O)O. The summed E-state index contributed by atoms with van der Waals surface area (Å²) >= 11 is 0. The van der Waals surface area contributed by atoms with Gasteiger partial charge in [-0.3, -0.25) is 9.59 Å². The second kappa shape index (κ2) is 8.88. The highest BCUT2D eigenvalue weighted by Gasteiger charge is 2.37. The summed E-state index contributed by atoms with van der Waals surface area (Å²) in [7, 11) is 0. The summed E-state index contributed by atoms with van der Waals surface area (Å²) in [5, 5.41) is 13.1. The summed E-state index contributed by atoms with van der Waals surface area (Å²) in [5.41, 5.74) is 7.37. The number of carboxylic acids is 1. The second-order valence-electron chi connectivity index (χ2n) is 7.12. The van der Waals surface area contributed by atoms with Crippen molar-refractivity contribution in [3.8, 4) is 0 Å². The zero-order valence-corrected chi connectivity index (χ0v) is 15.7. The van der Waals surface area contributed by atoms with Crippen LogP contribution >= 0.6 is 0 Å². The summed E-state index contributed by atoms with van der Waals surface area (Å²) in [4.78, 5) is 41.4. The van der Waals surface area contributed by atoms with E-state index in [9.17, 15) is 19.5 Å². The molecule has 8 nitrogen and oxygen atoms in total. The number of benzene rings is 1. The molecule has 2 atom stereocenters. The molecule has 3 rings (SSSR count). The number of hydrogen-bond donors (Lipinski definition) is 4. The van der Waals surface area contributed by atoms with Crippen LogP contribution in [0.1, 0.15) is 31.2 Å². The van der Waals surface area contributed by atoms with Crippen molar-refractivity contribution >= 4 is 28.7 Å². The van der Waals surface area contributed by atoms with E-state index in [0.29, 0.717) is 38.8 Å². The molecule has 1 aliphatic rings. The van der Waals surface area contributed by atoms with Gasteiger partial charge in [-0.1, -0.05) is 18.2 Å². The zero-order chi connectivity index (χ0) is 20.1. The molecule has 0 saturated carbocycles. The predicted molar refractivity (Wildman–Crippen MR) is 105 cm³/mol. The Hall–Kier alpha value is -2.87. The van der Waals surface area contributed by atoms with Gasteiger partial charge < -0.3 is 26.0 Å². The van der Waals surface area contributed by atoms with Crippen LogP contribution in [0.3, 0.4) is 0 Å². The number of nitrogens with zero attached hydrogens (tertiary/aromatic N) is 1. The lowest BCUT2D eigenvalue weighted by Gasteiger charge is -2.27. The van der Waals surface area contributed by atoms with Crippen LogP contribution in [0, 0.1) is 0 Å². The molecule has 0 spiro atoms. The van der Waals surface area contributed by atoms with E-state index in [2.05, 4.69) is 10.3 Å². The first kappa shape index (κ1) is 19.9. The fourth-order valence-corrected chi connectivity index (χ4v) is 3.76. The van der Waals surface area contributed by atoms with Crippen LogP contribution < -0.4 is 11.1 Å². The highest BCUT2D eigenvalue weighted by atomic mass is 16.4. The number of hydrogen-bond acceptors (Lipinski definition) is 4. The van der Waals surface area contributed by atoms with E-state index in [4.69, 9.17) is 5.73 Å². The van der Waals surface area contributed by atoms with E-state index in [1.165, 1.54) is 4.90 Å². The second-order valence-corrected chi connectivity index (χ2v) is 7.12. The summed E-state index contributed by atoms with van der Waals surface area (Å²) in [6, 6.07) is 6.11. The van der Waals surface area contributed by atoms with Crippen LogP contribution in [-0.4, -0.2) is 57.9 Å². The number of H-pyrrole nitrogens is 1. The zero-order valence-electron chi connectivity index (χ0n) is 15.7. The highest BCUT2D eigenvalue weighted by molar-refractivity contribution is 5.93. The molecule has 5 N–H and O–H groups in total. The third-order valence-corrected chi connectivity index (χ3v) is 5.18. The smallest absolute Gasteiger partial charge is 0.326 e. The molecule has 1 saturated heterocycles. The van der Waals surface area contributed by atoms with Gasteiger partial charge in [0.25, 0.3) is 0 Å². The standard InChI is InChI=1S/C20H26N4O4/c21-9-3-7-16(19(26)24-10-4-8-17(24)20(27)28)23-18(25)11-13-12-22-15-6-2-1-5-14(13)15/h1-2,5-6,12,16-17,22H,3-4,7-11,21H2,(H,23,25)(H,27,28)/t16-,17-/m0/s1. The Labute approximate surface area is 163 Å². The molecule has 0 aliphatic carbocycles. The van der Waals surface area contributed by atoms with E-state index >= 15 is 0 Å². The van der Waals surface area contributed by atoms with Crippen molar-refractivity contribution in [2.45, 2.75) is 44.2 Å². The van der Waals surface area contributed by atoms with Crippen molar-refractivity contribution in [1.29, 1.82) is 0 Å². The number of nitrogens with one attached hydrogen (secondary N) is 2. The van der Waals surface area contributed by atoms with Gasteiger partial charge in [0.05, 0.1) is 6.42 Å². The van der Waals surface area contributed by atoms with E-state index in [1.54, 1.807) is 6.20 Å². The minimum Gasteiger partial charge on any atom is -0.480 e. The third kappa shape index (κ3) is 4.33. The Morgan fingerprint density at radius 3 is 2.86 bits per heavy atom. The van der Waals surface area contributed by atoms with Crippen molar-refractivity contribution in [2.75, 3.05) is 13.1 Å². The number of likely N-dealkylation sites (tertiary alicyclic amines) is 1. The number of aliphatic carboxylic acids is 1. The normalized spacial score (nSPS) is 17.6. The topological polar surface area (TPSA) is 129 Å². The lowest BCUT2D eigenvalue weighted by atomic mass is 10.1. The van der Waals surface area contributed by atoms with Crippen LogP contribution in [-0.2, 0) is 20.8 Å². The Morgan fingerprint density at radius 1 is 1.32 bits per heavy atom. The molecule has 0 bridgehead atoms. The fraction of sp³-hybridized carbons (Fsp3) is 0.450. The number of carboxylic acid groups (broad SMARTS) is 1. The minimum atomic E-state index is -1.01. The summed E-state index contributed by atoms with van der Waals surface area (Å²) in [6.07, 6.45) is 3.97. The summed E-state index contributed by atoms with van der Waals surface area (Å²) in [6.45, 7) is 0.789. The Morgan fingerprint density at radius 2 is 2.11 bits per heavy atom. The first-order valence-corrected chi connectivity index (χ1v) is 9.59. The van der Waals surface area contributed by atoms with Gasteiger partial charge in [0, 0.05) is 23.6 Å². The molecule has 8 heteroatoms. The fourth-order valence-electron chi connectivity index (χ4n) is 3.76. The molecule has 0 unspecified atom stereocenters. The monoisotopic (exact) mass is 386 g/mol. The van der Waals surface area contributed by atoms with Gasteiger partial charge in [-0.25, -0.2) is 4.79 Å². The Kier molecular flexibility index (Phi) is 6.30. The molecule has 2 amide bonds. The van der Waals surface area contributed by atoms with Crippen LogP contribution in [0.15, 0.2) is 30.5 Å². The molecule has 1 aromatic carbocycles. The first-order valence-electron chi connectivity index (χ1n) is 9.59. The minimum absolute atomic E-state index is 0.138. The van der Waals surface area contributed by atoms with E-state index in [-0.39, 0.29) is 18.2 Å². The van der Waals surface area contributed by atoms with Gasteiger partial charge in [0.1, 0.15) is 12.1 Å². The average Bonchev–Trinajstić information content (AvgIpc) is 3.32. The number of para-hydroxylation sites is 1. The summed E-state index contributed by atoms with van der Waals surface area (Å²) < 4.78 is 0. The largest absolute Gasteiger partial charge is 0.480 e. The molecule has 28 heavy (non-hydrogen) atoms. The lowest BCUT2D eigenvalue weighted by molar-refractivity contribution is -0.149. The quantitative estimate of drug-likeness (QED) is 0.538. The van der Waals surface area contributed by atoms with E-state index < -0.39 is 18.1 Å². The molecular weight excluding hydrogens is 360 g/mol. The maximum atomic E-state index is 12.9. The van der Waals surface area contributed by atoms with Gasteiger partial charge in [-0.05, 0) is 43.9 Å². The van der Waals surface area contributed by atoms with E-state index in [1.807, 2.05) is 24.3 Å². The number of rotatable bonds is 8. The van der Waals surface area contributed by atoms with Crippen molar-refractivity contribution in [1.82, 2.24) is 15.2 Å². The molecule has 2 heterocycles. The number of carbonyl (C=O) groups excluding carboxylic acids is 2. The van der Waals surface area contributed by atoms with E-state index in [0.717, 1.165) is 16.5 Å². The van der Waals surface area contributed by atoms with Gasteiger partial charge >= 0.3 is 5.97 Å². The van der Waals surface area contributed by atoms with Crippen LogP contribution in [0.2, 0.25) is 0 Å². The van der Waals surface area contributed by atoms with Gasteiger partial charge in [-0.2, -0.15) is 0 Å². The molecule has 150 valence electrons. The maximum absolute atomic E-state index is 12.9. The number of amides is 2. The summed E-state index contributed by atoms with van der Waals surface area (Å²) in [5.74, 6) is -1.62. The van der Waals surface area contributed by atoms with Crippen molar-refractivity contribution < 1.29 is 19.5 Å². The van der Waals surface area contributed by atoms with Gasteiger partial charge in [0.15, 0.2) is 0 Å². The van der Waals surface area contributed by atoms with Crippen LogP contribution in [0.4, 0.5) is 0 Å². The molecule has 1 fully saturated rings. The lowest BCUT2D eigenvalue weighted by Crippen LogP contribution is -2.52. The van der Waals surface area contributed by atoms with Crippen molar-refractivity contribution in [3.05, 3.63) is 36.0 Å². The van der Waals surface area contributed by atoms with Gasteiger partial charge in [-0.15, -0.1) is 0 Å². The van der Waals surface area contributed by atoms with Crippen molar-refractivity contribution in [2.24, 2.45) is 5.73 Å².